The summed E-state index contributed by atoms with van der Waals surface area (Å²) in [6.07, 6.45) is 11.1. The molecule has 3 heterocycles. The first-order chi connectivity index (χ1) is 10.9. The van der Waals surface area contributed by atoms with Gasteiger partial charge in [0.2, 0.25) is 0 Å². The molecule has 1 saturated heterocycles. The van der Waals surface area contributed by atoms with Gasteiger partial charge in [0.05, 0.1) is 37.2 Å². The fourth-order valence-electron chi connectivity index (χ4n) is 2.71. The lowest BCUT2D eigenvalue weighted by atomic mass is 10.2. The zero-order valence-corrected chi connectivity index (χ0v) is 12.2. The Morgan fingerprint density at radius 2 is 1.32 bits per heavy atom. The Balaban J connectivity index is 1.80. The number of hydrogen-bond acceptors (Lipinski definition) is 4. The first-order valence-corrected chi connectivity index (χ1v) is 7.34. The van der Waals surface area contributed by atoms with Gasteiger partial charge < -0.3 is 18.8 Å². The van der Waals surface area contributed by atoms with Gasteiger partial charge in [0.15, 0.2) is 0 Å². The maximum Gasteiger partial charge on any atom is 0.0991 e. The highest BCUT2D eigenvalue weighted by Gasteiger charge is 2.14. The Hall–Kier alpha value is -2.60. The molecule has 0 saturated carbocycles. The lowest BCUT2D eigenvalue weighted by molar-refractivity contribution is 0.122. The van der Waals surface area contributed by atoms with Crippen LogP contribution in [0.15, 0.2) is 55.6 Å². The number of hydrogen-bond donors (Lipinski definition) is 0. The van der Waals surface area contributed by atoms with E-state index in [1.165, 1.54) is 5.69 Å². The summed E-state index contributed by atoms with van der Waals surface area (Å²) in [7, 11) is 0. The molecule has 3 aromatic rings. The van der Waals surface area contributed by atoms with E-state index in [0.29, 0.717) is 0 Å². The van der Waals surface area contributed by atoms with Crippen molar-refractivity contribution in [2.24, 2.45) is 0 Å². The Morgan fingerprint density at radius 3 is 1.82 bits per heavy atom. The highest BCUT2D eigenvalue weighted by Crippen LogP contribution is 2.25. The Morgan fingerprint density at radius 1 is 0.773 bits per heavy atom. The third-order valence-electron chi connectivity index (χ3n) is 3.87. The van der Waals surface area contributed by atoms with Crippen molar-refractivity contribution in [1.29, 1.82) is 0 Å². The molecular weight excluding hydrogens is 278 g/mol. The molecule has 1 fully saturated rings. The molecule has 4 rings (SSSR count). The molecule has 22 heavy (non-hydrogen) atoms. The summed E-state index contributed by atoms with van der Waals surface area (Å²) >= 11 is 0. The van der Waals surface area contributed by atoms with E-state index in [1.54, 1.807) is 12.4 Å². The van der Waals surface area contributed by atoms with E-state index >= 15 is 0 Å². The number of nitrogens with zero attached hydrogens (tertiary/aromatic N) is 5. The number of anilines is 1. The van der Waals surface area contributed by atoms with Crippen molar-refractivity contribution in [1.82, 2.24) is 19.1 Å². The van der Waals surface area contributed by atoms with Gasteiger partial charge in [-0.2, -0.15) is 0 Å². The van der Waals surface area contributed by atoms with Crippen molar-refractivity contribution in [3.8, 4) is 11.4 Å². The fraction of sp³-hybridized carbons (Fsp3) is 0.250. The van der Waals surface area contributed by atoms with Crippen LogP contribution in [0.2, 0.25) is 0 Å². The van der Waals surface area contributed by atoms with Crippen LogP contribution in [0, 0.1) is 0 Å². The molecule has 1 aliphatic rings. The second-order valence-corrected chi connectivity index (χ2v) is 5.25. The van der Waals surface area contributed by atoms with Gasteiger partial charge in [-0.05, 0) is 18.2 Å². The minimum atomic E-state index is 0.774. The third kappa shape index (κ3) is 2.48. The summed E-state index contributed by atoms with van der Waals surface area (Å²) in [6, 6.07) is 6.51. The fourth-order valence-corrected chi connectivity index (χ4v) is 2.71. The average Bonchev–Trinajstić information content (AvgIpc) is 3.29. The lowest BCUT2D eigenvalue weighted by Gasteiger charge is -2.29. The van der Waals surface area contributed by atoms with E-state index in [-0.39, 0.29) is 0 Å². The molecule has 0 unspecified atom stereocenters. The number of imidazole rings is 2. The minimum Gasteiger partial charge on any atom is -0.378 e. The molecule has 0 radical (unpaired) electrons. The van der Waals surface area contributed by atoms with Gasteiger partial charge in [0.25, 0.3) is 0 Å². The molecular formula is C16H17N5O. The van der Waals surface area contributed by atoms with E-state index < -0.39 is 0 Å². The van der Waals surface area contributed by atoms with Crippen LogP contribution in [0.25, 0.3) is 11.4 Å². The molecule has 2 aromatic heterocycles. The highest BCUT2D eigenvalue weighted by atomic mass is 16.5. The molecule has 112 valence electrons. The standard InChI is InChI=1S/C16H17N5O/c1-3-20(12-17-1)15-9-14(19-5-7-22-8-6-19)10-16(11-15)21-4-2-18-13-21/h1-4,9-13H,5-8H2. The predicted octanol–water partition coefficient (Wildman–Crippen LogP) is 1.89. The first kappa shape index (κ1) is 13.1. The largest absolute Gasteiger partial charge is 0.378 e. The molecule has 0 bridgehead atoms. The molecule has 6 nitrogen and oxygen atoms in total. The van der Waals surface area contributed by atoms with Crippen LogP contribution in [-0.4, -0.2) is 45.4 Å². The monoisotopic (exact) mass is 295 g/mol. The normalized spacial score (nSPS) is 15.2. The van der Waals surface area contributed by atoms with E-state index in [0.717, 1.165) is 37.7 Å². The van der Waals surface area contributed by atoms with Crippen molar-refractivity contribution < 1.29 is 4.74 Å². The van der Waals surface area contributed by atoms with E-state index in [4.69, 9.17) is 4.74 Å². The number of aromatic nitrogens is 4. The van der Waals surface area contributed by atoms with Crippen molar-refractivity contribution in [2.75, 3.05) is 31.2 Å². The van der Waals surface area contributed by atoms with Crippen molar-refractivity contribution in [3.63, 3.8) is 0 Å². The van der Waals surface area contributed by atoms with Crippen molar-refractivity contribution in [3.05, 3.63) is 55.6 Å². The summed E-state index contributed by atoms with van der Waals surface area (Å²) in [5, 5.41) is 0. The molecule has 1 aliphatic heterocycles. The molecule has 0 spiro atoms. The van der Waals surface area contributed by atoms with Crippen LogP contribution >= 0.6 is 0 Å². The number of morpholine rings is 1. The zero-order valence-electron chi connectivity index (χ0n) is 12.2. The maximum absolute atomic E-state index is 5.45. The van der Waals surface area contributed by atoms with Gasteiger partial charge >= 0.3 is 0 Å². The Kier molecular flexibility index (Phi) is 3.36. The average molecular weight is 295 g/mol. The molecule has 0 N–H and O–H groups in total. The molecule has 0 aliphatic carbocycles. The van der Waals surface area contributed by atoms with Gasteiger partial charge in [-0.15, -0.1) is 0 Å². The second kappa shape index (κ2) is 5.65. The van der Waals surface area contributed by atoms with Crippen molar-refractivity contribution >= 4 is 5.69 Å². The molecule has 0 amide bonds. The van der Waals surface area contributed by atoms with Crippen LogP contribution in [0.1, 0.15) is 0 Å². The third-order valence-corrected chi connectivity index (χ3v) is 3.87. The van der Waals surface area contributed by atoms with E-state index in [1.807, 2.05) is 34.2 Å². The van der Waals surface area contributed by atoms with Gasteiger partial charge in [-0.3, -0.25) is 0 Å². The van der Waals surface area contributed by atoms with E-state index in [9.17, 15) is 0 Å². The van der Waals surface area contributed by atoms with Crippen molar-refractivity contribution in [2.45, 2.75) is 0 Å². The first-order valence-electron chi connectivity index (χ1n) is 7.34. The summed E-state index contributed by atoms with van der Waals surface area (Å²) < 4.78 is 9.49. The number of benzene rings is 1. The number of rotatable bonds is 3. The van der Waals surface area contributed by atoms with Gasteiger partial charge in [0, 0.05) is 43.6 Å². The maximum atomic E-state index is 5.45. The Bertz CT molecular complexity index is 678. The Labute approximate surface area is 128 Å². The van der Waals surface area contributed by atoms with Gasteiger partial charge in [-0.1, -0.05) is 0 Å². The summed E-state index contributed by atoms with van der Waals surface area (Å²) in [4.78, 5) is 10.6. The summed E-state index contributed by atoms with van der Waals surface area (Å²) in [5.74, 6) is 0. The molecule has 0 atom stereocenters. The molecule has 6 heteroatoms. The van der Waals surface area contributed by atoms with Crippen LogP contribution in [0.4, 0.5) is 5.69 Å². The molecule has 1 aromatic carbocycles. The van der Waals surface area contributed by atoms with Crippen LogP contribution in [0.5, 0.6) is 0 Å². The lowest BCUT2D eigenvalue weighted by Crippen LogP contribution is -2.36. The topological polar surface area (TPSA) is 48.1 Å². The van der Waals surface area contributed by atoms with Crippen LogP contribution in [-0.2, 0) is 4.74 Å². The predicted molar refractivity (Wildman–Crippen MR) is 83.7 cm³/mol. The van der Waals surface area contributed by atoms with Crippen LogP contribution in [0.3, 0.4) is 0 Å². The quantitative estimate of drug-likeness (QED) is 0.740. The number of ether oxygens (including phenoxy) is 1. The highest BCUT2D eigenvalue weighted by molar-refractivity contribution is 5.60. The minimum absolute atomic E-state index is 0.774. The van der Waals surface area contributed by atoms with Gasteiger partial charge in [-0.25, -0.2) is 9.97 Å². The zero-order chi connectivity index (χ0) is 14.8. The summed E-state index contributed by atoms with van der Waals surface area (Å²) in [6.45, 7) is 3.37. The van der Waals surface area contributed by atoms with Gasteiger partial charge in [0.1, 0.15) is 0 Å². The van der Waals surface area contributed by atoms with E-state index in [2.05, 4.69) is 33.1 Å². The van der Waals surface area contributed by atoms with Crippen LogP contribution < -0.4 is 4.90 Å². The SMILES string of the molecule is c1cn(-c2cc(N3CCOCC3)cc(-n3ccnc3)c2)cn1. The summed E-state index contributed by atoms with van der Waals surface area (Å²) in [5.41, 5.74) is 3.37. The smallest absolute Gasteiger partial charge is 0.0991 e. The second-order valence-electron chi connectivity index (χ2n) is 5.25.